The van der Waals surface area contributed by atoms with Crippen LogP contribution in [0.4, 0.5) is 5.82 Å². The van der Waals surface area contributed by atoms with Crippen molar-refractivity contribution in [1.29, 1.82) is 0 Å². The molecular formula is C18H17N5O. The number of rotatable bonds is 5. The average Bonchev–Trinajstić information content (AvgIpc) is 3.05. The lowest BCUT2D eigenvalue weighted by Crippen LogP contribution is -2.08. The van der Waals surface area contributed by atoms with E-state index in [2.05, 4.69) is 20.3 Å². The highest BCUT2D eigenvalue weighted by Crippen LogP contribution is 2.26. The number of H-pyrrole nitrogens is 1. The van der Waals surface area contributed by atoms with Crippen LogP contribution in [0.3, 0.4) is 0 Å². The predicted octanol–water partition coefficient (Wildman–Crippen LogP) is 2.97. The normalized spacial score (nSPS) is 11.2. The van der Waals surface area contributed by atoms with Crippen molar-refractivity contribution in [2.24, 2.45) is 0 Å². The molecule has 0 bridgehead atoms. The van der Waals surface area contributed by atoms with Gasteiger partial charge in [-0.1, -0.05) is 24.3 Å². The summed E-state index contributed by atoms with van der Waals surface area (Å²) < 4.78 is 0. The quantitative estimate of drug-likeness (QED) is 0.492. The van der Waals surface area contributed by atoms with Gasteiger partial charge in [0, 0.05) is 13.2 Å². The molecule has 0 fully saturated rings. The minimum absolute atomic E-state index is 0.133. The average molecular weight is 319 g/mol. The topological polar surface area (TPSA) is 86.7 Å². The zero-order valence-electron chi connectivity index (χ0n) is 13.0. The van der Waals surface area contributed by atoms with E-state index >= 15 is 0 Å². The van der Waals surface area contributed by atoms with Crippen molar-refractivity contribution in [2.75, 3.05) is 18.5 Å². The number of imidazole rings is 1. The predicted molar refractivity (Wildman–Crippen MR) is 94.8 cm³/mol. The van der Waals surface area contributed by atoms with Crippen LogP contribution in [0.2, 0.25) is 0 Å². The van der Waals surface area contributed by atoms with E-state index in [0.29, 0.717) is 30.3 Å². The van der Waals surface area contributed by atoms with Crippen molar-refractivity contribution in [3.8, 4) is 11.5 Å². The Bertz CT molecular complexity index is 962. The van der Waals surface area contributed by atoms with Gasteiger partial charge in [-0.2, -0.15) is 0 Å². The monoisotopic (exact) mass is 319 g/mol. The molecule has 3 N–H and O–H groups in total. The van der Waals surface area contributed by atoms with E-state index in [1.54, 1.807) is 0 Å². The first kappa shape index (κ1) is 14.6. The molecule has 6 heteroatoms. The van der Waals surface area contributed by atoms with Crippen LogP contribution in [-0.4, -0.2) is 38.2 Å². The molecule has 4 rings (SSSR count). The number of fused-ring (bicyclic) bond motifs is 2. The SMILES string of the molecule is OCCCNc1nc2ccccc2nc1-c1nc2ccccc2[nH]1. The van der Waals surface area contributed by atoms with E-state index in [1.165, 1.54) is 0 Å². The Morgan fingerprint density at radius 3 is 2.33 bits per heavy atom. The Morgan fingerprint density at radius 1 is 0.875 bits per heavy atom. The number of hydrogen-bond donors (Lipinski definition) is 3. The van der Waals surface area contributed by atoms with E-state index in [-0.39, 0.29) is 6.61 Å². The maximum absolute atomic E-state index is 9.00. The number of aliphatic hydroxyl groups excluding tert-OH is 1. The van der Waals surface area contributed by atoms with Crippen LogP contribution in [0.5, 0.6) is 0 Å². The first-order valence-corrected chi connectivity index (χ1v) is 7.92. The third-order valence-electron chi connectivity index (χ3n) is 3.81. The lowest BCUT2D eigenvalue weighted by atomic mass is 10.2. The van der Waals surface area contributed by atoms with Crippen LogP contribution in [0, 0.1) is 0 Å². The summed E-state index contributed by atoms with van der Waals surface area (Å²) in [5.41, 5.74) is 4.18. The van der Waals surface area contributed by atoms with E-state index in [9.17, 15) is 0 Å². The summed E-state index contributed by atoms with van der Waals surface area (Å²) in [5.74, 6) is 1.35. The van der Waals surface area contributed by atoms with Gasteiger partial charge in [-0.05, 0) is 30.7 Å². The second kappa shape index (κ2) is 6.25. The fourth-order valence-corrected chi connectivity index (χ4v) is 2.64. The zero-order valence-corrected chi connectivity index (χ0v) is 13.0. The Hall–Kier alpha value is -2.99. The highest BCUT2D eigenvalue weighted by atomic mass is 16.3. The van der Waals surface area contributed by atoms with Gasteiger partial charge in [-0.15, -0.1) is 0 Å². The molecule has 2 heterocycles. The van der Waals surface area contributed by atoms with Crippen molar-refractivity contribution in [2.45, 2.75) is 6.42 Å². The smallest absolute Gasteiger partial charge is 0.161 e. The van der Waals surface area contributed by atoms with Gasteiger partial charge in [0.05, 0.1) is 22.1 Å². The van der Waals surface area contributed by atoms with Crippen LogP contribution in [0.15, 0.2) is 48.5 Å². The van der Waals surface area contributed by atoms with E-state index < -0.39 is 0 Å². The maximum Gasteiger partial charge on any atom is 0.161 e. The molecule has 120 valence electrons. The highest BCUT2D eigenvalue weighted by molar-refractivity contribution is 5.85. The molecule has 2 aromatic carbocycles. The second-order valence-corrected chi connectivity index (χ2v) is 5.52. The van der Waals surface area contributed by atoms with Crippen molar-refractivity contribution >= 4 is 27.9 Å². The molecule has 24 heavy (non-hydrogen) atoms. The lowest BCUT2D eigenvalue weighted by molar-refractivity contribution is 0.292. The van der Waals surface area contributed by atoms with Gasteiger partial charge < -0.3 is 15.4 Å². The first-order chi connectivity index (χ1) is 11.8. The van der Waals surface area contributed by atoms with Gasteiger partial charge in [0.2, 0.25) is 0 Å². The molecule has 0 atom stereocenters. The van der Waals surface area contributed by atoms with Crippen molar-refractivity contribution in [1.82, 2.24) is 19.9 Å². The number of benzene rings is 2. The largest absolute Gasteiger partial charge is 0.396 e. The summed E-state index contributed by atoms with van der Waals surface area (Å²) in [6, 6.07) is 15.6. The Balaban J connectivity index is 1.85. The minimum Gasteiger partial charge on any atom is -0.396 e. The van der Waals surface area contributed by atoms with Gasteiger partial charge >= 0.3 is 0 Å². The Labute approximate surface area is 138 Å². The van der Waals surface area contributed by atoms with E-state index in [4.69, 9.17) is 10.1 Å². The first-order valence-electron chi connectivity index (χ1n) is 7.92. The van der Waals surface area contributed by atoms with Crippen molar-refractivity contribution in [3.63, 3.8) is 0 Å². The van der Waals surface area contributed by atoms with Gasteiger partial charge in [0.25, 0.3) is 0 Å². The molecule has 0 aliphatic rings. The summed E-state index contributed by atoms with van der Waals surface area (Å²) in [7, 11) is 0. The Morgan fingerprint density at radius 2 is 1.58 bits per heavy atom. The molecule has 6 nitrogen and oxygen atoms in total. The Kier molecular flexibility index (Phi) is 3.80. The number of nitrogens with one attached hydrogen (secondary N) is 2. The van der Waals surface area contributed by atoms with Crippen molar-refractivity contribution in [3.05, 3.63) is 48.5 Å². The van der Waals surface area contributed by atoms with Crippen LogP contribution in [0.1, 0.15) is 6.42 Å². The number of aromatic amines is 1. The lowest BCUT2D eigenvalue weighted by Gasteiger charge is -2.10. The number of hydrogen-bond acceptors (Lipinski definition) is 5. The fourth-order valence-electron chi connectivity index (χ4n) is 2.64. The summed E-state index contributed by atoms with van der Waals surface area (Å²) in [5, 5.41) is 12.3. The van der Waals surface area contributed by atoms with Crippen LogP contribution in [-0.2, 0) is 0 Å². The summed E-state index contributed by atoms with van der Waals surface area (Å²) in [6.07, 6.45) is 0.647. The van der Waals surface area contributed by atoms with Crippen LogP contribution < -0.4 is 5.32 Å². The van der Waals surface area contributed by atoms with E-state index in [0.717, 1.165) is 22.1 Å². The third kappa shape index (κ3) is 2.68. The molecule has 4 aromatic rings. The maximum atomic E-state index is 9.00. The molecule has 0 unspecified atom stereocenters. The second-order valence-electron chi connectivity index (χ2n) is 5.52. The molecule has 0 radical (unpaired) electrons. The number of aromatic nitrogens is 4. The molecule has 0 amide bonds. The summed E-state index contributed by atoms with van der Waals surface area (Å²) >= 11 is 0. The number of para-hydroxylation sites is 4. The highest BCUT2D eigenvalue weighted by Gasteiger charge is 2.14. The fraction of sp³-hybridized carbons (Fsp3) is 0.167. The molecule has 0 aliphatic carbocycles. The van der Waals surface area contributed by atoms with Gasteiger partial charge in [-0.25, -0.2) is 15.0 Å². The third-order valence-corrected chi connectivity index (χ3v) is 3.81. The molecule has 0 saturated carbocycles. The zero-order chi connectivity index (χ0) is 16.4. The van der Waals surface area contributed by atoms with E-state index in [1.807, 2.05) is 48.5 Å². The minimum atomic E-state index is 0.133. The van der Waals surface area contributed by atoms with Crippen LogP contribution >= 0.6 is 0 Å². The van der Waals surface area contributed by atoms with Crippen LogP contribution in [0.25, 0.3) is 33.6 Å². The molecule has 2 aromatic heterocycles. The number of anilines is 1. The van der Waals surface area contributed by atoms with Crippen molar-refractivity contribution < 1.29 is 5.11 Å². The van der Waals surface area contributed by atoms with Gasteiger partial charge in [0.1, 0.15) is 5.69 Å². The number of nitrogens with zero attached hydrogens (tertiary/aromatic N) is 3. The molecular weight excluding hydrogens is 302 g/mol. The van der Waals surface area contributed by atoms with Gasteiger partial charge in [0.15, 0.2) is 11.6 Å². The summed E-state index contributed by atoms with van der Waals surface area (Å²) in [6.45, 7) is 0.755. The molecule has 0 saturated heterocycles. The summed E-state index contributed by atoms with van der Waals surface area (Å²) in [4.78, 5) is 17.4. The molecule has 0 aliphatic heterocycles. The number of aliphatic hydroxyl groups is 1. The standard InChI is InChI=1S/C18H17N5O/c24-11-5-10-19-17-16(20-12-6-1-2-7-13(12)21-17)18-22-14-8-3-4-9-15(14)23-18/h1-4,6-9,24H,5,10-11H2,(H,19,21)(H,22,23). The molecule has 0 spiro atoms. The van der Waals surface area contributed by atoms with Gasteiger partial charge in [-0.3, -0.25) is 0 Å².